The van der Waals surface area contributed by atoms with Crippen LogP contribution in [0, 0.1) is 6.92 Å². The SMILES string of the molecule is Cc1c(-c2ccccc2)sc2ncn(CC(=O)N3CCCC[C@H]3C)c(=O)c12. The molecule has 1 fully saturated rings. The van der Waals surface area contributed by atoms with Gasteiger partial charge in [-0.2, -0.15) is 0 Å². The molecular formula is C21H23N3O2S. The van der Waals surface area contributed by atoms with Gasteiger partial charge >= 0.3 is 0 Å². The molecule has 1 aliphatic heterocycles. The van der Waals surface area contributed by atoms with E-state index in [1.54, 1.807) is 0 Å². The molecule has 2 aromatic heterocycles. The molecule has 0 saturated carbocycles. The van der Waals surface area contributed by atoms with E-state index in [1.807, 2.05) is 42.2 Å². The average molecular weight is 382 g/mol. The molecule has 140 valence electrons. The van der Waals surface area contributed by atoms with Crippen LogP contribution >= 0.6 is 11.3 Å². The van der Waals surface area contributed by atoms with Gasteiger partial charge in [-0.05, 0) is 44.2 Å². The Balaban J connectivity index is 1.69. The highest BCUT2D eigenvalue weighted by molar-refractivity contribution is 7.22. The third-order valence-electron chi connectivity index (χ3n) is 5.38. The summed E-state index contributed by atoms with van der Waals surface area (Å²) in [5.74, 6) is 0.00150. The first-order chi connectivity index (χ1) is 13.1. The predicted octanol–water partition coefficient (Wildman–Crippen LogP) is 3.83. The van der Waals surface area contributed by atoms with Gasteiger partial charge in [0.25, 0.3) is 5.56 Å². The van der Waals surface area contributed by atoms with E-state index in [0.29, 0.717) is 5.39 Å². The second-order valence-electron chi connectivity index (χ2n) is 7.21. The molecule has 4 rings (SSSR count). The Morgan fingerprint density at radius 1 is 1.26 bits per heavy atom. The van der Waals surface area contributed by atoms with Crippen LogP contribution in [-0.4, -0.2) is 32.9 Å². The van der Waals surface area contributed by atoms with Crippen LogP contribution in [0.25, 0.3) is 20.7 Å². The maximum absolute atomic E-state index is 13.1. The number of thiophene rings is 1. The number of fused-ring (bicyclic) bond motifs is 1. The lowest BCUT2D eigenvalue weighted by molar-refractivity contribution is -0.135. The zero-order chi connectivity index (χ0) is 19.0. The Morgan fingerprint density at radius 2 is 2.04 bits per heavy atom. The largest absolute Gasteiger partial charge is 0.338 e. The molecule has 0 N–H and O–H groups in total. The van der Waals surface area contributed by atoms with Crippen LogP contribution in [0.2, 0.25) is 0 Å². The number of likely N-dealkylation sites (tertiary alicyclic amines) is 1. The predicted molar refractivity (Wildman–Crippen MR) is 109 cm³/mol. The van der Waals surface area contributed by atoms with E-state index in [1.165, 1.54) is 22.2 Å². The highest BCUT2D eigenvalue weighted by Crippen LogP contribution is 2.35. The van der Waals surface area contributed by atoms with Gasteiger partial charge in [0.15, 0.2) is 0 Å². The van der Waals surface area contributed by atoms with Crippen LogP contribution in [0.5, 0.6) is 0 Å². The smallest absolute Gasteiger partial charge is 0.262 e. The van der Waals surface area contributed by atoms with Gasteiger partial charge in [-0.1, -0.05) is 30.3 Å². The summed E-state index contributed by atoms with van der Waals surface area (Å²) in [4.78, 5) is 33.9. The van der Waals surface area contributed by atoms with Gasteiger partial charge in [0, 0.05) is 17.5 Å². The van der Waals surface area contributed by atoms with Gasteiger partial charge in [0.05, 0.1) is 11.7 Å². The number of nitrogens with zero attached hydrogens (tertiary/aromatic N) is 3. The second-order valence-corrected chi connectivity index (χ2v) is 8.21. The number of piperidine rings is 1. The summed E-state index contributed by atoms with van der Waals surface area (Å²) in [5, 5.41) is 0.626. The Labute approximate surface area is 162 Å². The van der Waals surface area contributed by atoms with Crippen molar-refractivity contribution >= 4 is 27.5 Å². The zero-order valence-corrected chi connectivity index (χ0v) is 16.5. The first-order valence-electron chi connectivity index (χ1n) is 9.39. The summed E-state index contributed by atoms with van der Waals surface area (Å²) >= 11 is 1.53. The number of benzene rings is 1. The molecule has 3 heterocycles. The van der Waals surface area contributed by atoms with E-state index in [4.69, 9.17) is 0 Å². The van der Waals surface area contributed by atoms with Crippen molar-refractivity contribution in [3.63, 3.8) is 0 Å². The average Bonchev–Trinajstić information content (AvgIpc) is 3.02. The zero-order valence-electron chi connectivity index (χ0n) is 15.6. The van der Waals surface area contributed by atoms with Crippen molar-refractivity contribution in [2.24, 2.45) is 0 Å². The standard InChI is InChI=1S/C21H23N3O2S/c1-14-8-6-7-11-24(14)17(25)12-23-13-22-20-18(21(23)26)15(2)19(27-20)16-9-4-3-5-10-16/h3-5,9-10,13-14H,6-8,11-12H2,1-2H3/t14-/m1/s1. The summed E-state index contributed by atoms with van der Waals surface area (Å²) < 4.78 is 1.46. The Bertz CT molecular complexity index is 1040. The normalized spacial score (nSPS) is 17.4. The van der Waals surface area contributed by atoms with Gasteiger partial charge in [-0.3, -0.25) is 14.2 Å². The van der Waals surface area contributed by atoms with Crippen molar-refractivity contribution in [3.8, 4) is 10.4 Å². The third kappa shape index (κ3) is 3.30. The molecule has 27 heavy (non-hydrogen) atoms. The van der Waals surface area contributed by atoms with Crippen molar-refractivity contribution in [2.45, 2.75) is 45.7 Å². The highest BCUT2D eigenvalue weighted by Gasteiger charge is 2.24. The van der Waals surface area contributed by atoms with Crippen LogP contribution in [0.1, 0.15) is 31.7 Å². The van der Waals surface area contributed by atoms with Crippen LogP contribution in [0.15, 0.2) is 41.5 Å². The fraction of sp³-hybridized carbons (Fsp3) is 0.381. The number of hydrogen-bond acceptors (Lipinski definition) is 4. The summed E-state index contributed by atoms with van der Waals surface area (Å²) in [6, 6.07) is 10.3. The lowest BCUT2D eigenvalue weighted by Gasteiger charge is -2.33. The van der Waals surface area contributed by atoms with E-state index in [-0.39, 0.29) is 24.1 Å². The van der Waals surface area contributed by atoms with E-state index < -0.39 is 0 Å². The van der Waals surface area contributed by atoms with E-state index in [2.05, 4.69) is 11.9 Å². The molecule has 0 spiro atoms. The minimum atomic E-state index is -0.131. The fourth-order valence-electron chi connectivity index (χ4n) is 3.84. The Hall–Kier alpha value is -2.47. The Kier molecular flexibility index (Phi) is 4.83. The van der Waals surface area contributed by atoms with Crippen LogP contribution < -0.4 is 5.56 Å². The van der Waals surface area contributed by atoms with Crippen LogP contribution in [0.3, 0.4) is 0 Å². The molecule has 1 saturated heterocycles. The fourth-order valence-corrected chi connectivity index (χ4v) is 4.99. The quantitative estimate of drug-likeness (QED) is 0.693. The molecule has 1 amide bonds. The topological polar surface area (TPSA) is 55.2 Å². The lowest BCUT2D eigenvalue weighted by Crippen LogP contribution is -2.44. The molecule has 0 radical (unpaired) electrons. The highest BCUT2D eigenvalue weighted by atomic mass is 32.1. The summed E-state index contributed by atoms with van der Waals surface area (Å²) in [6.07, 6.45) is 4.74. The third-order valence-corrected chi connectivity index (χ3v) is 6.63. The number of aryl methyl sites for hydroxylation is 1. The van der Waals surface area contributed by atoms with Crippen LogP contribution in [-0.2, 0) is 11.3 Å². The monoisotopic (exact) mass is 381 g/mol. The number of hydrogen-bond donors (Lipinski definition) is 0. The van der Waals surface area contributed by atoms with Crippen molar-refractivity contribution in [3.05, 3.63) is 52.6 Å². The molecule has 1 atom stereocenters. The van der Waals surface area contributed by atoms with E-state index >= 15 is 0 Å². The van der Waals surface area contributed by atoms with Gasteiger partial charge in [-0.25, -0.2) is 4.98 Å². The minimum absolute atomic E-state index is 0.00150. The van der Waals surface area contributed by atoms with Gasteiger partial charge in [0.2, 0.25) is 5.91 Å². The van der Waals surface area contributed by atoms with Crippen LogP contribution in [0.4, 0.5) is 0 Å². The molecule has 1 aromatic carbocycles. The van der Waals surface area contributed by atoms with Crippen molar-refractivity contribution < 1.29 is 4.79 Å². The maximum Gasteiger partial charge on any atom is 0.262 e. The molecule has 3 aromatic rings. The molecule has 5 nitrogen and oxygen atoms in total. The molecule has 0 bridgehead atoms. The minimum Gasteiger partial charge on any atom is -0.338 e. The number of aromatic nitrogens is 2. The molecule has 1 aliphatic rings. The molecule has 6 heteroatoms. The first-order valence-corrected chi connectivity index (χ1v) is 10.2. The molecular weight excluding hydrogens is 358 g/mol. The number of rotatable bonds is 3. The number of carbonyl (C=O) groups is 1. The van der Waals surface area contributed by atoms with Gasteiger partial charge in [0.1, 0.15) is 11.4 Å². The maximum atomic E-state index is 13.1. The van der Waals surface area contributed by atoms with E-state index in [9.17, 15) is 9.59 Å². The molecule has 0 unspecified atom stereocenters. The summed E-state index contributed by atoms with van der Waals surface area (Å²) in [6.45, 7) is 4.88. The summed E-state index contributed by atoms with van der Waals surface area (Å²) in [7, 11) is 0. The van der Waals surface area contributed by atoms with Crippen molar-refractivity contribution in [1.82, 2.24) is 14.5 Å². The van der Waals surface area contributed by atoms with Gasteiger partial charge < -0.3 is 4.90 Å². The number of amides is 1. The van der Waals surface area contributed by atoms with E-state index in [0.717, 1.165) is 46.6 Å². The molecule has 0 aliphatic carbocycles. The Morgan fingerprint density at radius 3 is 2.78 bits per heavy atom. The first kappa shape index (κ1) is 17.9. The second kappa shape index (κ2) is 7.27. The summed E-state index contributed by atoms with van der Waals surface area (Å²) in [5.41, 5.74) is 1.89. The number of carbonyl (C=O) groups excluding carboxylic acids is 1. The van der Waals surface area contributed by atoms with Crippen molar-refractivity contribution in [2.75, 3.05) is 6.54 Å². The van der Waals surface area contributed by atoms with Gasteiger partial charge in [-0.15, -0.1) is 11.3 Å². The lowest BCUT2D eigenvalue weighted by atomic mass is 10.0. The van der Waals surface area contributed by atoms with Crippen molar-refractivity contribution in [1.29, 1.82) is 0 Å².